The molecule has 0 fully saturated rings. The summed E-state index contributed by atoms with van der Waals surface area (Å²) in [6.45, 7) is 0.837. The fraction of sp³-hybridized carbons (Fsp3) is 0.222. The smallest absolute Gasteiger partial charge is 0.271 e. The summed E-state index contributed by atoms with van der Waals surface area (Å²) < 4.78 is 7.72. The van der Waals surface area contributed by atoms with E-state index in [1.165, 1.54) is 35.2 Å². The topological polar surface area (TPSA) is 86.7 Å². The van der Waals surface area contributed by atoms with Crippen molar-refractivity contribution >= 4 is 56.5 Å². The Morgan fingerprint density at radius 3 is 2.75 bits per heavy atom. The largest absolute Gasteiger partial charge is 0.383 e. The standard InChI is InChI=1S/C18H16ClN3O4S2/c1-26-9-8-21-15-10-13(22(24)25)4-7-16(15)28-18(21)20-17(23)11-27-14-5-2-12(19)3-6-14/h2-7,10H,8-9,11H2,1H3. The third-order valence-electron chi connectivity index (χ3n) is 3.79. The van der Waals surface area contributed by atoms with Crippen LogP contribution in [0.4, 0.5) is 5.69 Å². The van der Waals surface area contributed by atoms with E-state index in [1.54, 1.807) is 29.9 Å². The zero-order valence-corrected chi connectivity index (χ0v) is 17.2. The highest BCUT2D eigenvalue weighted by Crippen LogP contribution is 2.23. The number of carbonyl (C=O) groups excluding carboxylic acids is 1. The van der Waals surface area contributed by atoms with E-state index in [1.807, 2.05) is 12.1 Å². The van der Waals surface area contributed by atoms with Crippen molar-refractivity contribution in [3.05, 3.63) is 62.4 Å². The number of nitro benzene ring substituents is 1. The molecule has 0 aliphatic heterocycles. The van der Waals surface area contributed by atoms with Crippen molar-refractivity contribution in [1.29, 1.82) is 0 Å². The monoisotopic (exact) mass is 437 g/mol. The van der Waals surface area contributed by atoms with Crippen molar-refractivity contribution < 1.29 is 14.5 Å². The summed E-state index contributed by atoms with van der Waals surface area (Å²) in [4.78, 5) is 28.7. The summed E-state index contributed by atoms with van der Waals surface area (Å²) in [6.07, 6.45) is 0. The molecule has 0 unspecified atom stereocenters. The number of hydrogen-bond donors (Lipinski definition) is 0. The van der Waals surface area contributed by atoms with Crippen molar-refractivity contribution in [3.8, 4) is 0 Å². The Labute approximate surface area is 173 Å². The average molecular weight is 438 g/mol. The maximum absolute atomic E-state index is 12.4. The minimum Gasteiger partial charge on any atom is -0.383 e. The highest BCUT2D eigenvalue weighted by molar-refractivity contribution is 8.00. The zero-order chi connectivity index (χ0) is 20.1. The molecule has 146 valence electrons. The van der Waals surface area contributed by atoms with Gasteiger partial charge in [0.15, 0.2) is 4.80 Å². The molecule has 2 aromatic carbocycles. The van der Waals surface area contributed by atoms with Crippen molar-refractivity contribution in [2.45, 2.75) is 11.4 Å². The van der Waals surface area contributed by atoms with Crippen LogP contribution in [0.15, 0.2) is 52.4 Å². The van der Waals surface area contributed by atoms with Gasteiger partial charge in [0.2, 0.25) is 0 Å². The van der Waals surface area contributed by atoms with Crippen LogP contribution < -0.4 is 4.80 Å². The Morgan fingerprint density at radius 2 is 2.07 bits per heavy atom. The Morgan fingerprint density at radius 1 is 1.32 bits per heavy atom. The lowest BCUT2D eigenvalue weighted by atomic mass is 10.3. The van der Waals surface area contributed by atoms with Crippen molar-refractivity contribution in [3.63, 3.8) is 0 Å². The van der Waals surface area contributed by atoms with Gasteiger partial charge >= 0.3 is 0 Å². The molecule has 1 amide bonds. The Balaban J connectivity index is 1.89. The number of halogens is 1. The lowest BCUT2D eigenvalue weighted by Crippen LogP contribution is -2.19. The van der Waals surface area contributed by atoms with E-state index in [-0.39, 0.29) is 17.3 Å². The number of nitrogens with zero attached hydrogens (tertiary/aromatic N) is 3. The molecule has 10 heteroatoms. The molecule has 1 aromatic heterocycles. The predicted molar refractivity (Wildman–Crippen MR) is 111 cm³/mol. The third-order valence-corrected chi connectivity index (χ3v) is 6.10. The molecular formula is C18H16ClN3O4S2. The van der Waals surface area contributed by atoms with E-state index in [4.69, 9.17) is 16.3 Å². The molecule has 7 nitrogen and oxygen atoms in total. The fourth-order valence-corrected chi connectivity index (χ4v) is 4.33. The number of hydrogen-bond acceptors (Lipinski definition) is 6. The second-order valence-corrected chi connectivity index (χ2v) is 8.18. The normalized spacial score (nSPS) is 11.9. The number of rotatable bonds is 7. The van der Waals surface area contributed by atoms with Gasteiger partial charge in [-0.1, -0.05) is 22.9 Å². The van der Waals surface area contributed by atoms with Crippen LogP contribution in [0.5, 0.6) is 0 Å². The second-order valence-electron chi connectivity index (χ2n) is 5.69. The summed E-state index contributed by atoms with van der Waals surface area (Å²) in [5, 5.41) is 11.7. The lowest BCUT2D eigenvalue weighted by molar-refractivity contribution is -0.384. The Kier molecular flexibility index (Phi) is 6.84. The molecule has 0 aliphatic carbocycles. The third kappa shape index (κ3) is 4.99. The molecule has 28 heavy (non-hydrogen) atoms. The Bertz CT molecular complexity index is 1080. The first kappa shape index (κ1) is 20.5. The van der Waals surface area contributed by atoms with Gasteiger partial charge in [-0.3, -0.25) is 14.9 Å². The number of benzene rings is 2. The van der Waals surface area contributed by atoms with E-state index in [9.17, 15) is 14.9 Å². The maximum atomic E-state index is 12.4. The quantitative estimate of drug-likeness (QED) is 0.315. The molecule has 3 rings (SSSR count). The van der Waals surface area contributed by atoms with Gasteiger partial charge in [-0.2, -0.15) is 4.99 Å². The van der Waals surface area contributed by atoms with Gasteiger partial charge < -0.3 is 9.30 Å². The number of fused-ring (bicyclic) bond motifs is 1. The molecule has 0 radical (unpaired) electrons. The van der Waals surface area contributed by atoms with Gasteiger partial charge in [0.25, 0.3) is 11.6 Å². The van der Waals surface area contributed by atoms with Crippen LogP contribution in [0.1, 0.15) is 0 Å². The van der Waals surface area contributed by atoms with Crippen LogP contribution in [-0.2, 0) is 16.1 Å². The fourth-order valence-electron chi connectivity index (χ4n) is 2.47. The molecule has 0 spiro atoms. The van der Waals surface area contributed by atoms with Crippen LogP contribution in [0.2, 0.25) is 5.02 Å². The van der Waals surface area contributed by atoms with Crippen LogP contribution in [0, 0.1) is 10.1 Å². The SMILES string of the molecule is COCCn1c(=NC(=O)CSc2ccc(Cl)cc2)sc2ccc([N+](=O)[O-])cc21. The summed E-state index contributed by atoms with van der Waals surface area (Å²) in [7, 11) is 1.57. The molecular weight excluding hydrogens is 422 g/mol. The van der Waals surface area contributed by atoms with E-state index in [0.717, 1.165) is 9.60 Å². The predicted octanol–water partition coefficient (Wildman–Crippen LogP) is 4.13. The van der Waals surface area contributed by atoms with E-state index < -0.39 is 4.92 Å². The van der Waals surface area contributed by atoms with Crippen molar-refractivity contribution in [2.24, 2.45) is 4.99 Å². The number of aromatic nitrogens is 1. The summed E-state index contributed by atoms with van der Waals surface area (Å²) in [5.41, 5.74) is 0.654. The van der Waals surface area contributed by atoms with Crippen LogP contribution >= 0.6 is 34.7 Å². The number of amides is 1. The molecule has 3 aromatic rings. The molecule has 0 saturated heterocycles. The van der Waals surface area contributed by atoms with Crippen molar-refractivity contribution in [2.75, 3.05) is 19.5 Å². The number of carbonyl (C=O) groups is 1. The first-order valence-electron chi connectivity index (χ1n) is 8.20. The van der Waals surface area contributed by atoms with Gasteiger partial charge in [0, 0.05) is 35.7 Å². The van der Waals surface area contributed by atoms with Crippen molar-refractivity contribution in [1.82, 2.24) is 4.57 Å². The number of non-ortho nitro benzene ring substituents is 1. The number of methoxy groups -OCH3 is 1. The first-order valence-corrected chi connectivity index (χ1v) is 10.4. The second kappa shape index (κ2) is 9.33. The Hall–Kier alpha value is -2.20. The maximum Gasteiger partial charge on any atom is 0.271 e. The lowest BCUT2D eigenvalue weighted by Gasteiger charge is -2.04. The molecule has 0 saturated carbocycles. The zero-order valence-electron chi connectivity index (χ0n) is 14.8. The van der Waals surface area contributed by atoms with Gasteiger partial charge in [0.1, 0.15) is 0 Å². The van der Waals surface area contributed by atoms with Gasteiger partial charge in [-0.15, -0.1) is 11.8 Å². The van der Waals surface area contributed by atoms with Crippen LogP contribution in [0.25, 0.3) is 10.2 Å². The highest BCUT2D eigenvalue weighted by atomic mass is 35.5. The summed E-state index contributed by atoms with van der Waals surface area (Å²) in [6, 6.07) is 11.8. The summed E-state index contributed by atoms with van der Waals surface area (Å²) >= 11 is 8.55. The van der Waals surface area contributed by atoms with E-state index in [0.29, 0.717) is 28.5 Å². The molecule has 0 atom stereocenters. The molecule has 1 heterocycles. The highest BCUT2D eigenvalue weighted by Gasteiger charge is 2.13. The summed E-state index contributed by atoms with van der Waals surface area (Å²) in [5.74, 6) is -0.104. The van der Waals surface area contributed by atoms with Crippen LogP contribution in [0.3, 0.4) is 0 Å². The number of thiazole rings is 1. The van der Waals surface area contributed by atoms with Gasteiger partial charge in [-0.05, 0) is 30.3 Å². The molecule has 0 N–H and O–H groups in total. The number of nitro groups is 1. The first-order chi connectivity index (χ1) is 13.5. The minimum atomic E-state index is -0.442. The van der Waals surface area contributed by atoms with E-state index >= 15 is 0 Å². The number of thioether (sulfide) groups is 1. The molecule has 0 bridgehead atoms. The number of ether oxygens (including phenoxy) is 1. The minimum absolute atomic E-state index is 0.00682. The van der Waals surface area contributed by atoms with Gasteiger partial charge in [-0.25, -0.2) is 0 Å². The van der Waals surface area contributed by atoms with Gasteiger partial charge in [0.05, 0.1) is 27.5 Å². The van der Waals surface area contributed by atoms with Crippen LogP contribution in [-0.4, -0.2) is 34.9 Å². The molecule has 0 aliphatic rings. The average Bonchev–Trinajstić information content (AvgIpc) is 3.01. The van der Waals surface area contributed by atoms with E-state index in [2.05, 4.69) is 4.99 Å².